The summed E-state index contributed by atoms with van der Waals surface area (Å²) < 4.78 is 0. The first-order valence-corrected chi connectivity index (χ1v) is 6.10. The van der Waals surface area contributed by atoms with Crippen molar-refractivity contribution in [2.45, 2.75) is 18.0 Å². The average Bonchev–Trinajstić information content (AvgIpc) is 2.28. The number of nitrogens with one attached hydrogen (secondary N) is 1. The van der Waals surface area contributed by atoms with E-state index in [9.17, 15) is 4.79 Å². The van der Waals surface area contributed by atoms with Crippen molar-refractivity contribution < 1.29 is 4.79 Å². The number of likely N-dealkylation sites (N-methyl/N-ethyl adjacent to an activating group) is 1. The molecule has 0 spiro atoms. The van der Waals surface area contributed by atoms with E-state index in [1.807, 2.05) is 19.2 Å². The first-order chi connectivity index (χ1) is 7.54. The molecule has 1 amide bonds. The van der Waals surface area contributed by atoms with E-state index in [-0.39, 0.29) is 11.9 Å². The van der Waals surface area contributed by atoms with Gasteiger partial charge in [-0.3, -0.25) is 4.79 Å². The minimum Gasteiger partial charge on any atom is -0.358 e. The van der Waals surface area contributed by atoms with E-state index < -0.39 is 0 Å². The van der Waals surface area contributed by atoms with Crippen molar-refractivity contribution in [2.24, 2.45) is 0 Å². The normalized spacial score (nSPS) is 12.0. The Hall–Kier alpha value is -1.30. The molecule has 0 aliphatic rings. The number of carbonyl (C=O) groups is 1. The van der Waals surface area contributed by atoms with E-state index in [0.29, 0.717) is 5.82 Å². The SMILES string of the molecule is CSc1cc(NC(C)C(=O)N(C)C)ncn1. The maximum atomic E-state index is 11.6. The third-order valence-electron chi connectivity index (χ3n) is 2.03. The van der Waals surface area contributed by atoms with Gasteiger partial charge in [0, 0.05) is 20.2 Å². The van der Waals surface area contributed by atoms with E-state index >= 15 is 0 Å². The molecule has 6 heteroatoms. The maximum absolute atomic E-state index is 11.6. The third kappa shape index (κ3) is 3.37. The van der Waals surface area contributed by atoms with Crippen LogP contribution in [0.15, 0.2) is 17.4 Å². The van der Waals surface area contributed by atoms with Crippen molar-refractivity contribution in [3.63, 3.8) is 0 Å². The summed E-state index contributed by atoms with van der Waals surface area (Å²) in [6.07, 6.45) is 3.43. The van der Waals surface area contributed by atoms with Gasteiger partial charge in [0.1, 0.15) is 23.2 Å². The van der Waals surface area contributed by atoms with Crippen LogP contribution in [-0.4, -0.2) is 47.2 Å². The largest absolute Gasteiger partial charge is 0.358 e. The molecular weight excluding hydrogens is 224 g/mol. The first kappa shape index (κ1) is 12.8. The monoisotopic (exact) mass is 240 g/mol. The molecule has 5 nitrogen and oxygen atoms in total. The summed E-state index contributed by atoms with van der Waals surface area (Å²) in [4.78, 5) is 21.3. The molecule has 1 heterocycles. The van der Waals surface area contributed by atoms with Crippen LogP contribution in [0.25, 0.3) is 0 Å². The molecule has 16 heavy (non-hydrogen) atoms. The number of rotatable bonds is 4. The van der Waals surface area contributed by atoms with Gasteiger partial charge in [-0.25, -0.2) is 9.97 Å². The van der Waals surface area contributed by atoms with Crippen LogP contribution in [-0.2, 0) is 4.79 Å². The van der Waals surface area contributed by atoms with Crippen LogP contribution in [0.2, 0.25) is 0 Å². The molecule has 88 valence electrons. The molecule has 1 unspecified atom stereocenters. The quantitative estimate of drug-likeness (QED) is 0.630. The van der Waals surface area contributed by atoms with E-state index in [0.717, 1.165) is 5.03 Å². The van der Waals surface area contributed by atoms with Gasteiger partial charge in [-0.2, -0.15) is 0 Å². The van der Waals surface area contributed by atoms with Crippen LogP contribution >= 0.6 is 11.8 Å². The molecule has 1 aromatic heterocycles. The van der Waals surface area contributed by atoms with Crippen LogP contribution < -0.4 is 5.32 Å². The standard InChI is InChI=1S/C10H16N4OS/c1-7(10(15)14(2)3)13-8-5-9(16-4)12-6-11-8/h5-7H,1-4H3,(H,11,12,13). The fourth-order valence-electron chi connectivity index (χ4n) is 1.20. The Balaban J connectivity index is 2.69. The second kappa shape index (κ2) is 5.69. The van der Waals surface area contributed by atoms with Crippen molar-refractivity contribution in [1.29, 1.82) is 0 Å². The van der Waals surface area contributed by atoms with E-state index in [4.69, 9.17) is 0 Å². The highest BCUT2D eigenvalue weighted by atomic mass is 32.2. The zero-order valence-electron chi connectivity index (χ0n) is 9.89. The number of thioether (sulfide) groups is 1. The second-order valence-corrected chi connectivity index (χ2v) is 4.37. The molecule has 0 aliphatic carbocycles. The first-order valence-electron chi connectivity index (χ1n) is 4.88. The Morgan fingerprint density at radius 2 is 2.19 bits per heavy atom. The molecule has 0 radical (unpaired) electrons. The van der Waals surface area contributed by atoms with Gasteiger partial charge in [-0.1, -0.05) is 0 Å². The number of anilines is 1. The predicted octanol–water partition coefficient (Wildman–Crippen LogP) is 1.09. The molecule has 0 fully saturated rings. The summed E-state index contributed by atoms with van der Waals surface area (Å²) in [5.41, 5.74) is 0. The topological polar surface area (TPSA) is 58.1 Å². The Morgan fingerprint density at radius 3 is 2.75 bits per heavy atom. The number of hydrogen-bond acceptors (Lipinski definition) is 5. The lowest BCUT2D eigenvalue weighted by atomic mass is 10.3. The van der Waals surface area contributed by atoms with Crippen LogP contribution in [0.1, 0.15) is 6.92 Å². The maximum Gasteiger partial charge on any atom is 0.244 e. The number of aromatic nitrogens is 2. The fraction of sp³-hybridized carbons (Fsp3) is 0.500. The van der Waals surface area contributed by atoms with Crippen LogP contribution in [0.4, 0.5) is 5.82 Å². The van der Waals surface area contributed by atoms with Gasteiger partial charge in [0.05, 0.1) is 0 Å². The summed E-state index contributed by atoms with van der Waals surface area (Å²) in [7, 11) is 3.46. The predicted molar refractivity (Wildman–Crippen MR) is 65.6 cm³/mol. The van der Waals surface area contributed by atoms with Gasteiger partial charge in [-0.05, 0) is 13.2 Å². The number of hydrogen-bond donors (Lipinski definition) is 1. The third-order valence-corrected chi connectivity index (χ3v) is 2.67. The molecule has 0 saturated heterocycles. The van der Waals surface area contributed by atoms with Crippen LogP contribution in [0.3, 0.4) is 0 Å². The van der Waals surface area contributed by atoms with Crippen molar-refractivity contribution >= 4 is 23.5 Å². The minimum absolute atomic E-state index is 0.0179. The van der Waals surface area contributed by atoms with Gasteiger partial charge in [0.15, 0.2) is 0 Å². The van der Waals surface area contributed by atoms with Gasteiger partial charge >= 0.3 is 0 Å². The van der Waals surface area contributed by atoms with Gasteiger partial charge in [-0.15, -0.1) is 11.8 Å². The number of amides is 1. The Bertz CT molecular complexity index is 370. The molecule has 0 bridgehead atoms. The Morgan fingerprint density at radius 1 is 1.50 bits per heavy atom. The molecule has 0 aromatic carbocycles. The average molecular weight is 240 g/mol. The zero-order valence-corrected chi connectivity index (χ0v) is 10.7. The van der Waals surface area contributed by atoms with Gasteiger partial charge in [0.25, 0.3) is 0 Å². The second-order valence-electron chi connectivity index (χ2n) is 3.54. The van der Waals surface area contributed by atoms with Crippen molar-refractivity contribution in [3.05, 3.63) is 12.4 Å². The van der Waals surface area contributed by atoms with Gasteiger partial charge < -0.3 is 10.2 Å². The fourth-order valence-corrected chi connectivity index (χ4v) is 1.58. The number of carbonyl (C=O) groups excluding carboxylic acids is 1. The molecule has 1 N–H and O–H groups in total. The van der Waals surface area contributed by atoms with Crippen molar-refractivity contribution in [3.8, 4) is 0 Å². The lowest BCUT2D eigenvalue weighted by molar-refractivity contribution is -0.129. The molecule has 1 atom stereocenters. The summed E-state index contributed by atoms with van der Waals surface area (Å²) in [5, 5.41) is 3.92. The highest BCUT2D eigenvalue weighted by molar-refractivity contribution is 7.98. The van der Waals surface area contributed by atoms with E-state index in [2.05, 4.69) is 15.3 Å². The Kier molecular flexibility index (Phi) is 4.54. The summed E-state index contributed by atoms with van der Waals surface area (Å²) >= 11 is 1.54. The highest BCUT2D eigenvalue weighted by Crippen LogP contribution is 2.14. The highest BCUT2D eigenvalue weighted by Gasteiger charge is 2.14. The molecular formula is C10H16N4OS. The van der Waals surface area contributed by atoms with Crippen molar-refractivity contribution in [1.82, 2.24) is 14.9 Å². The molecule has 1 aromatic rings. The zero-order chi connectivity index (χ0) is 12.1. The van der Waals surface area contributed by atoms with Gasteiger partial charge in [0.2, 0.25) is 5.91 Å². The summed E-state index contributed by atoms with van der Waals surface area (Å²) in [6, 6.07) is 1.53. The molecule has 0 aliphatic heterocycles. The Labute approximate surface area is 99.7 Å². The molecule has 0 saturated carbocycles. The summed E-state index contributed by atoms with van der Waals surface area (Å²) in [5.74, 6) is 0.686. The summed E-state index contributed by atoms with van der Waals surface area (Å²) in [6.45, 7) is 1.81. The van der Waals surface area contributed by atoms with E-state index in [1.165, 1.54) is 18.1 Å². The smallest absolute Gasteiger partial charge is 0.244 e. The molecule has 1 rings (SSSR count). The van der Waals surface area contributed by atoms with Crippen LogP contribution in [0.5, 0.6) is 0 Å². The number of nitrogens with zero attached hydrogens (tertiary/aromatic N) is 3. The lowest BCUT2D eigenvalue weighted by Gasteiger charge is -2.18. The minimum atomic E-state index is -0.292. The van der Waals surface area contributed by atoms with Crippen molar-refractivity contribution in [2.75, 3.05) is 25.7 Å². The van der Waals surface area contributed by atoms with Crippen LogP contribution in [0, 0.1) is 0 Å². The van der Waals surface area contributed by atoms with E-state index in [1.54, 1.807) is 19.0 Å². The lowest BCUT2D eigenvalue weighted by Crippen LogP contribution is -2.36.